The van der Waals surface area contributed by atoms with E-state index in [1.165, 1.54) is 4.88 Å². The van der Waals surface area contributed by atoms with E-state index >= 15 is 0 Å². The van der Waals surface area contributed by atoms with Gasteiger partial charge in [0.1, 0.15) is 5.75 Å². The minimum atomic E-state index is -0.373. The Hall–Kier alpha value is -4.24. The van der Waals surface area contributed by atoms with E-state index < -0.39 is 0 Å². The molecule has 2 aromatic carbocycles. The molecule has 0 aliphatic carbocycles. The van der Waals surface area contributed by atoms with E-state index in [-0.39, 0.29) is 11.6 Å². The quantitative estimate of drug-likeness (QED) is 0.306. The fourth-order valence-corrected chi connectivity index (χ4v) is 4.08. The lowest BCUT2D eigenvalue weighted by molar-refractivity contribution is 0.101. The molecule has 1 amide bonds. The van der Waals surface area contributed by atoms with Crippen LogP contribution in [0.2, 0.25) is 0 Å². The van der Waals surface area contributed by atoms with Crippen LogP contribution in [-0.4, -0.2) is 27.8 Å². The van der Waals surface area contributed by atoms with Crippen LogP contribution in [0.1, 0.15) is 22.3 Å². The Labute approximate surface area is 199 Å². The molecule has 170 valence electrons. The topological polar surface area (TPSA) is 103 Å². The number of benzene rings is 2. The van der Waals surface area contributed by atoms with Crippen molar-refractivity contribution in [3.05, 3.63) is 77.3 Å². The van der Waals surface area contributed by atoms with Gasteiger partial charge in [-0.1, -0.05) is 10.3 Å². The van der Waals surface area contributed by atoms with E-state index in [9.17, 15) is 4.79 Å². The highest BCUT2D eigenvalue weighted by atomic mass is 32.1. The Morgan fingerprint density at radius 2 is 1.74 bits per heavy atom. The Morgan fingerprint density at radius 3 is 2.44 bits per heavy atom. The number of hydrogen-bond acceptors (Lipinski definition) is 8. The smallest absolute Gasteiger partial charge is 0.277 e. The summed E-state index contributed by atoms with van der Waals surface area (Å²) in [6, 6.07) is 20.1. The minimum absolute atomic E-state index is 0.181. The van der Waals surface area contributed by atoms with Crippen molar-refractivity contribution in [3.63, 3.8) is 0 Å². The van der Waals surface area contributed by atoms with Gasteiger partial charge in [-0.05, 0) is 74.5 Å². The molecule has 0 spiro atoms. The average Bonchev–Trinajstić information content (AvgIpc) is 3.61. The third kappa shape index (κ3) is 4.60. The maximum absolute atomic E-state index is 12.6. The number of anilines is 1. The number of rotatable bonds is 7. The number of carbonyl (C=O) groups excluding carboxylic acids is 1. The van der Waals surface area contributed by atoms with Gasteiger partial charge in [0.25, 0.3) is 11.8 Å². The summed E-state index contributed by atoms with van der Waals surface area (Å²) in [6.45, 7) is 4.55. The van der Waals surface area contributed by atoms with Gasteiger partial charge in [0, 0.05) is 27.8 Å². The number of amides is 1. The van der Waals surface area contributed by atoms with Crippen molar-refractivity contribution in [2.24, 2.45) is 0 Å². The van der Waals surface area contributed by atoms with Gasteiger partial charge in [-0.25, -0.2) is 0 Å². The van der Waals surface area contributed by atoms with Gasteiger partial charge >= 0.3 is 0 Å². The molecule has 9 heteroatoms. The van der Waals surface area contributed by atoms with Crippen LogP contribution in [0.5, 0.6) is 5.75 Å². The Morgan fingerprint density at radius 1 is 0.971 bits per heavy atom. The highest BCUT2D eigenvalue weighted by molar-refractivity contribution is 7.15. The lowest BCUT2D eigenvalue weighted by Gasteiger charge is -2.03. The molecular formula is C25H20N4O4S. The van der Waals surface area contributed by atoms with Gasteiger partial charge in [0.2, 0.25) is 5.82 Å². The molecule has 0 bridgehead atoms. The van der Waals surface area contributed by atoms with Crippen molar-refractivity contribution >= 4 is 22.9 Å². The number of nitrogens with one attached hydrogen (secondary N) is 1. The molecular weight excluding hydrogens is 452 g/mol. The zero-order chi connectivity index (χ0) is 23.5. The number of aryl methyl sites for hydroxylation is 1. The molecule has 0 aliphatic heterocycles. The van der Waals surface area contributed by atoms with Crippen molar-refractivity contribution in [3.8, 4) is 39.2 Å². The summed E-state index contributed by atoms with van der Waals surface area (Å²) in [4.78, 5) is 19.2. The second-order valence-electron chi connectivity index (χ2n) is 7.40. The van der Waals surface area contributed by atoms with Crippen LogP contribution >= 0.6 is 11.3 Å². The normalized spacial score (nSPS) is 10.9. The number of hydrogen-bond donors (Lipinski definition) is 1. The highest BCUT2D eigenvalue weighted by Gasteiger charge is 2.15. The summed E-state index contributed by atoms with van der Waals surface area (Å²) in [5, 5.41) is 10.8. The maximum atomic E-state index is 12.6. The van der Waals surface area contributed by atoms with Gasteiger partial charge < -0.3 is 19.1 Å². The molecule has 5 rings (SSSR count). The van der Waals surface area contributed by atoms with E-state index in [2.05, 4.69) is 20.6 Å². The zero-order valence-electron chi connectivity index (χ0n) is 18.4. The van der Waals surface area contributed by atoms with Gasteiger partial charge in [-0.15, -0.1) is 11.3 Å². The number of thiophene rings is 1. The number of nitrogens with zero attached hydrogens (tertiary/aromatic N) is 3. The molecule has 3 heterocycles. The molecule has 1 N–H and O–H groups in total. The molecule has 8 nitrogen and oxygen atoms in total. The van der Waals surface area contributed by atoms with E-state index in [1.54, 1.807) is 41.7 Å². The van der Waals surface area contributed by atoms with Gasteiger partial charge in [0.15, 0.2) is 11.5 Å². The highest BCUT2D eigenvalue weighted by Crippen LogP contribution is 2.28. The summed E-state index contributed by atoms with van der Waals surface area (Å²) in [5.74, 6) is 1.86. The van der Waals surface area contributed by atoms with Crippen LogP contribution in [0.3, 0.4) is 0 Å². The number of carbonyl (C=O) groups is 1. The van der Waals surface area contributed by atoms with Crippen molar-refractivity contribution in [2.45, 2.75) is 13.8 Å². The zero-order valence-corrected chi connectivity index (χ0v) is 19.3. The predicted molar refractivity (Wildman–Crippen MR) is 129 cm³/mol. The molecule has 0 saturated carbocycles. The Bertz CT molecular complexity index is 1420. The maximum Gasteiger partial charge on any atom is 0.277 e. The summed E-state index contributed by atoms with van der Waals surface area (Å²) in [6.07, 6.45) is 0. The second kappa shape index (κ2) is 9.32. The molecule has 0 radical (unpaired) electrons. The first-order valence-electron chi connectivity index (χ1n) is 10.6. The molecule has 0 saturated heterocycles. The summed E-state index contributed by atoms with van der Waals surface area (Å²) in [5.41, 5.74) is 2.34. The van der Waals surface area contributed by atoms with Crippen LogP contribution in [0.15, 0.2) is 75.8 Å². The SMILES string of the molecule is CCOc1ccc(-c2cc(C(=O)Nc3ccc(-c4nc(-c5ccc(C)s5)no4)cc3)no2)cc1. The van der Waals surface area contributed by atoms with Crippen LogP contribution in [0.4, 0.5) is 5.69 Å². The van der Waals surface area contributed by atoms with Crippen LogP contribution < -0.4 is 10.1 Å². The molecule has 34 heavy (non-hydrogen) atoms. The lowest BCUT2D eigenvalue weighted by Crippen LogP contribution is -2.11. The van der Waals surface area contributed by atoms with E-state index in [1.807, 2.05) is 50.2 Å². The molecule has 0 aliphatic rings. The third-order valence-corrected chi connectivity index (χ3v) is 5.97. The Kier molecular flexibility index (Phi) is 5.92. The predicted octanol–water partition coefficient (Wildman–Crippen LogP) is 6.08. The van der Waals surface area contributed by atoms with Crippen molar-refractivity contribution in [1.29, 1.82) is 0 Å². The third-order valence-electron chi connectivity index (χ3n) is 4.97. The molecule has 3 aromatic heterocycles. The lowest BCUT2D eigenvalue weighted by atomic mass is 10.1. The largest absolute Gasteiger partial charge is 0.494 e. The molecule has 5 aromatic rings. The number of ether oxygens (including phenoxy) is 1. The summed E-state index contributed by atoms with van der Waals surface area (Å²) < 4.78 is 16.2. The molecule has 0 atom stereocenters. The van der Waals surface area contributed by atoms with Crippen molar-refractivity contribution in [2.75, 3.05) is 11.9 Å². The standard InChI is InChI=1S/C25H20N4O4S/c1-3-31-19-11-7-16(8-12-19)21-14-20(28-32-21)24(30)26-18-9-5-17(6-10-18)25-27-23(29-33-25)22-13-4-15(2)34-22/h4-14H,3H2,1-2H3,(H,26,30). The van der Waals surface area contributed by atoms with E-state index in [0.717, 1.165) is 21.8 Å². The van der Waals surface area contributed by atoms with Crippen LogP contribution in [0, 0.1) is 6.92 Å². The minimum Gasteiger partial charge on any atom is -0.494 e. The van der Waals surface area contributed by atoms with Crippen molar-refractivity contribution in [1.82, 2.24) is 15.3 Å². The van der Waals surface area contributed by atoms with E-state index in [4.69, 9.17) is 13.8 Å². The Balaban J connectivity index is 1.25. The van der Waals surface area contributed by atoms with Crippen LogP contribution in [-0.2, 0) is 0 Å². The monoisotopic (exact) mass is 472 g/mol. The van der Waals surface area contributed by atoms with Gasteiger partial charge in [0.05, 0.1) is 11.5 Å². The molecule has 0 fully saturated rings. The average molecular weight is 473 g/mol. The first kappa shape index (κ1) is 21.6. The summed E-state index contributed by atoms with van der Waals surface area (Å²) >= 11 is 1.61. The fourth-order valence-electron chi connectivity index (χ4n) is 3.29. The van der Waals surface area contributed by atoms with Gasteiger partial charge in [-0.2, -0.15) is 4.98 Å². The first-order valence-corrected chi connectivity index (χ1v) is 11.4. The van der Waals surface area contributed by atoms with Gasteiger partial charge in [-0.3, -0.25) is 4.79 Å². The van der Waals surface area contributed by atoms with E-state index in [0.29, 0.717) is 29.8 Å². The number of aromatic nitrogens is 3. The molecule has 0 unspecified atom stereocenters. The van der Waals surface area contributed by atoms with Crippen LogP contribution in [0.25, 0.3) is 33.5 Å². The van der Waals surface area contributed by atoms with Crippen molar-refractivity contribution < 1.29 is 18.6 Å². The fraction of sp³-hybridized carbons (Fsp3) is 0.120. The second-order valence-corrected chi connectivity index (χ2v) is 8.69. The first-order chi connectivity index (χ1) is 16.6. The summed E-state index contributed by atoms with van der Waals surface area (Å²) in [7, 11) is 0.